The van der Waals surface area contributed by atoms with Gasteiger partial charge in [-0.1, -0.05) is 6.07 Å². The number of nitrogens with one attached hydrogen (secondary N) is 1. The summed E-state index contributed by atoms with van der Waals surface area (Å²) < 4.78 is 16.4. The van der Waals surface area contributed by atoms with Crippen LogP contribution < -0.4 is 14.8 Å². The van der Waals surface area contributed by atoms with Crippen LogP contribution in [-0.2, 0) is 0 Å². The highest BCUT2D eigenvalue weighted by Gasteiger charge is 2.22. The van der Waals surface area contributed by atoms with Gasteiger partial charge in [0.05, 0.1) is 20.3 Å². The summed E-state index contributed by atoms with van der Waals surface area (Å²) in [5, 5.41) is 3.36. The van der Waals surface area contributed by atoms with Crippen LogP contribution >= 0.6 is 0 Å². The summed E-state index contributed by atoms with van der Waals surface area (Å²) in [5.41, 5.74) is 3.48. The van der Waals surface area contributed by atoms with Gasteiger partial charge in [0.1, 0.15) is 11.5 Å². The fourth-order valence-electron chi connectivity index (χ4n) is 2.74. The molecule has 1 unspecified atom stereocenters. The highest BCUT2D eigenvalue weighted by molar-refractivity contribution is 5.47. The first-order chi connectivity index (χ1) is 10.0. The Balaban J connectivity index is 2.51. The number of aryl methyl sites for hydroxylation is 2. The molecule has 1 aromatic carbocycles. The Morgan fingerprint density at radius 1 is 1.00 bits per heavy atom. The topological polar surface area (TPSA) is 43.6 Å². The lowest BCUT2D eigenvalue weighted by molar-refractivity contribution is 0.354. The molecule has 0 amide bonds. The van der Waals surface area contributed by atoms with E-state index in [0.29, 0.717) is 0 Å². The number of benzene rings is 1. The Morgan fingerprint density at radius 3 is 2.14 bits per heavy atom. The normalized spacial score (nSPS) is 12.3. The van der Waals surface area contributed by atoms with Crippen molar-refractivity contribution in [2.24, 2.45) is 0 Å². The molecule has 0 radical (unpaired) electrons. The largest absolute Gasteiger partial charge is 0.493 e. The Labute approximate surface area is 126 Å². The minimum Gasteiger partial charge on any atom is -0.493 e. The molecule has 0 aliphatic rings. The average Bonchev–Trinajstić information content (AvgIpc) is 2.74. The molecule has 0 spiro atoms. The summed E-state index contributed by atoms with van der Waals surface area (Å²) in [4.78, 5) is 0. The summed E-state index contributed by atoms with van der Waals surface area (Å²) >= 11 is 0. The lowest BCUT2D eigenvalue weighted by Crippen LogP contribution is -2.19. The van der Waals surface area contributed by atoms with Crippen LogP contribution in [0.2, 0.25) is 0 Å². The van der Waals surface area contributed by atoms with Gasteiger partial charge in [0.15, 0.2) is 11.5 Å². The van der Waals surface area contributed by atoms with E-state index in [2.05, 4.69) is 12.2 Å². The molecular formula is C17H23NO3. The van der Waals surface area contributed by atoms with E-state index in [9.17, 15) is 0 Å². The standard InChI is InChI=1S/C17H23NO3/c1-10-11(2)21-12(3)16(10)17(18-4)13-7-8-14(19-5)15(9-13)20-6/h7-9,17-18H,1-6H3. The molecule has 114 valence electrons. The van der Waals surface area contributed by atoms with E-state index in [0.717, 1.165) is 28.6 Å². The molecule has 4 nitrogen and oxygen atoms in total. The first-order valence-corrected chi connectivity index (χ1v) is 6.99. The van der Waals surface area contributed by atoms with Crippen LogP contribution in [0.4, 0.5) is 0 Å². The van der Waals surface area contributed by atoms with Gasteiger partial charge in [-0.25, -0.2) is 0 Å². The van der Waals surface area contributed by atoms with Crippen LogP contribution in [0.5, 0.6) is 11.5 Å². The predicted octanol–water partition coefficient (Wildman–Crippen LogP) is 3.53. The minimum atomic E-state index is 0.0576. The lowest BCUT2D eigenvalue weighted by atomic mass is 9.95. The molecule has 1 N–H and O–H groups in total. The Kier molecular flexibility index (Phi) is 4.58. The van der Waals surface area contributed by atoms with E-state index in [1.807, 2.05) is 39.1 Å². The van der Waals surface area contributed by atoms with E-state index >= 15 is 0 Å². The van der Waals surface area contributed by atoms with Crippen molar-refractivity contribution in [2.75, 3.05) is 21.3 Å². The molecule has 21 heavy (non-hydrogen) atoms. The van der Waals surface area contributed by atoms with Crippen LogP contribution in [0.3, 0.4) is 0 Å². The van der Waals surface area contributed by atoms with Crippen molar-refractivity contribution in [1.82, 2.24) is 5.32 Å². The monoisotopic (exact) mass is 289 g/mol. The third-order valence-electron chi connectivity index (χ3n) is 3.94. The van der Waals surface area contributed by atoms with Crippen LogP contribution in [0.1, 0.15) is 34.3 Å². The number of furan rings is 1. The third-order valence-corrected chi connectivity index (χ3v) is 3.94. The fraction of sp³-hybridized carbons (Fsp3) is 0.412. The number of ether oxygens (including phenoxy) is 2. The van der Waals surface area contributed by atoms with Gasteiger partial charge in [-0.2, -0.15) is 0 Å². The molecule has 0 aliphatic carbocycles. The number of hydrogen-bond donors (Lipinski definition) is 1. The molecule has 0 saturated carbocycles. The molecule has 0 saturated heterocycles. The summed E-state index contributed by atoms with van der Waals surface area (Å²) in [6.07, 6.45) is 0. The fourth-order valence-corrected chi connectivity index (χ4v) is 2.74. The molecule has 0 aliphatic heterocycles. The quantitative estimate of drug-likeness (QED) is 0.914. The summed E-state index contributed by atoms with van der Waals surface area (Å²) in [6, 6.07) is 6.03. The molecule has 2 aromatic rings. The predicted molar refractivity (Wildman–Crippen MR) is 83.4 cm³/mol. The van der Waals surface area contributed by atoms with Gasteiger partial charge in [0, 0.05) is 5.56 Å². The number of methoxy groups -OCH3 is 2. The van der Waals surface area contributed by atoms with E-state index < -0.39 is 0 Å². The van der Waals surface area contributed by atoms with Crippen LogP contribution in [-0.4, -0.2) is 21.3 Å². The SMILES string of the molecule is CNC(c1ccc(OC)c(OC)c1)c1c(C)oc(C)c1C. The molecule has 1 heterocycles. The lowest BCUT2D eigenvalue weighted by Gasteiger charge is -2.19. The molecule has 0 bridgehead atoms. The number of hydrogen-bond acceptors (Lipinski definition) is 4. The van der Waals surface area contributed by atoms with E-state index in [4.69, 9.17) is 13.9 Å². The van der Waals surface area contributed by atoms with Gasteiger partial charge in [-0.3, -0.25) is 0 Å². The smallest absolute Gasteiger partial charge is 0.161 e. The Hall–Kier alpha value is -1.94. The molecule has 2 rings (SSSR count). The zero-order valence-electron chi connectivity index (χ0n) is 13.5. The van der Waals surface area contributed by atoms with Gasteiger partial charge in [-0.15, -0.1) is 0 Å². The van der Waals surface area contributed by atoms with Crippen molar-refractivity contribution < 1.29 is 13.9 Å². The van der Waals surface area contributed by atoms with E-state index in [1.165, 1.54) is 11.1 Å². The summed E-state index contributed by atoms with van der Waals surface area (Å²) in [7, 11) is 5.23. The zero-order valence-corrected chi connectivity index (χ0v) is 13.5. The maximum absolute atomic E-state index is 5.76. The first kappa shape index (κ1) is 15.4. The van der Waals surface area contributed by atoms with Crippen molar-refractivity contribution in [3.63, 3.8) is 0 Å². The molecule has 0 fully saturated rings. The van der Waals surface area contributed by atoms with Crippen LogP contribution in [0.15, 0.2) is 22.6 Å². The maximum Gasteiger partial charge on any atom is 0.161 e. The van der Waals surface area contributed by atoms with E-state index in [-0.39, 0.29) is 6.04 Å². The molecule has 1 atom stereocenters. The van der Waals surface area contributed by atoms with Crippen molar-refractivity contribution in [2.45, 2.75) is 26.8 Å². The van der Waals surface area contributed by atoms with Crippen LogP contribution in [0, 0.1) is 20.8 Å². The Bertz CT molecular complexity index is 631. The van der Waals surface area contributed by atoms with Crippen molar-refractivity contribution in [3.05, 3.63) is 46.4 Å². The molecule has 1 aromatic heterocycles. The number of rotatable bonds is 5. The van der Waals surface area contributed by atoms with Gasteiger partial charge in [0.25, 0.3) is 0 Å². The molecule has 4 heteroatoms. The summed E-state index contributed by atoms with van der Waals surface area (Å²) in [5.74, 6) is 3.36. The second-order valence-electron chi connectivity index (χ2n) is 5.09. The zero-order chi connectivity index (χ0) is 15.6. The highest BCUT2D eigenvalue weighted by atomic mass is 16.5. The Morgan fingerprint density at radius 2 is 1.67 bits per heavy atom. The summed E-state index contributed by atoms with van der Waals surface area (Å²) in [6.45, 7) is 6.08. The first-order valence-electron chi connectivity index (χ1n) is 6.99. The van der Waals surface area contributed by atoms with E-state index in [1.54, 1.807) is 14.2 Å². The molecular weight excluding hydrogens is 266 g/mol. The third kappa shape index (κ3) is 2.76. The van der Waals surface area contributed by atoms with Gasteiger partial charge in [-0.05, 0) is 51.1 Å². The second kappa shape index (κ2) is 6.22. The second-order valence-corrected chi connectivity index (χ2v) is 5.09. The highest BCUT2D eigenvalue weighted by Crippen LogP contribution is 2.35. The van der Waals surface area contributed by atoms with Crippen LogP contribution in [0.25, 0.3) is 0 Å². The van der Waals surface area contributed by atoms with Gasteiger partial charge >= 0.3 is 0 Å². The average molecular weight is 289 g/mol. The minimum absolute atomic E-state index is 0.0576. The van der Waals surface area contributed by atoms with Gasteiger partial charge < -0.3 is 19.2 Å². The van der Waals surface area contributed by atoms with Crippen molar-refractivity contribution >= 4 is 0 Å². The van der Waals surface area contributed by atoms with Gasteiger partial charge in [0.2, 0.25) is 0 Å². The maximum atomic E-state index is 5.76. The van der Waals surface area contributed by atoms with Crippen molar-refractivity contribution in [3.8, 4) is 11.5 Å². The van der Waals surface area contributed by atoms with Crippen molar-refractivity contribution in [1.29, 1.82) is 0 Å².